The summed E-state index contributed by atoms with van der Waals surface area (Å²) in [5, 5.41) is 2.39. The molecule has 1 aliphatic rings. The third-order valence-electron chi connectivity index (χ3n) is 5.76. The maximum atomic E-state index is 13.0. The van der Waals surface area contributed by atoms with Gasteiger partial charge in [-0.05, 0) is 42.3 Å². The summed E-state index contributed by atoms with van der Waals surface area (Å²) in [6, 6.07) is 16.9. The molecule has 32 heavy (non-hydrogen) atoms. The second kappa shape index (κ2) is 8.36. The first-order chi connectivity index (χ1) is 15.4. The lowest BCUT2D eigenvalue weighted by Gasteiger charge is -2.32. The molecule has 0 saturated heterocycles. The Kier molecular flexibility index (Phi) is 5.54. The van der Waals surface area contributed by atoms with Crippen molar-refractivity contribution in [2.75, 3.05) is 11.6 Å². The molecule has 3 aromatic carbocycles. The molecule has 0 N–H and O–H groups in total. The lowest BCUT2D eigenvalue weighted by Crippen LogP contribution is -2.32. The zero-order valence-electron chi connectivity index (χ0n) is 17.1. The van der Waals surface area contributed by atoms with Crippen LogP contribution in [0.1, 0.15) is 22.3 Å². The minimum atomic E-state index is -0.360. The third kappa shape index (κ3) is 3.73. The number of aryl methyl sites for hydroxylation is 1. The molecule has 0 amide bonds. The zero-order chi connectivity index (χ0) is 22.4. The first-order valence-corrected chi connectivity index (χ1v) is 11.2. The Hall–Kier alpha value is -2.66. The molecule has 0 unspecified atom stereocenters. The van der Waals surface area contributed by atoms with Crippen LogP contribution in [0.4, 0.5) is 5.69 Å². The van der Waals surface area contributed by atoms with Crippen LogP contribution >= 0.6 is 34.8 Å². The number of hydrogen-bond donors (Lipinski definition) is 0. The molecule has 0 bridgehead atoms. The van der Waals surface area contributed by atoms with Gasteiger partial charge in [0.1, 0.15) is 11.3 Å². The second-order valence-corrected chi connectivity index (χ2v) is 9.02. The molecule has 5 rings (SSSR count). The van der Waals surface area contributed by atoms with Gasteiger partial charge in [-0.15, -0.1) is 0 Å². The van der Waals surface area contributed by atoms with Crippen molar-refractivity contribution in [1.82, 2.24) is 0 Å². The Labute approximate surface area is 199 Å². The quantitative estimate of drug-likeness (QED) is 0.292. The molecule has 2 heterocycles. The maximum Gasteiger partial charge on any atom is 0.340 e. The molecular formula is C25H18Cl3NO3. The lowest BCUT2D eigenvalue weighted by molar-refractivity contribution is 0.289. The average Bonchev–Trinajstić information content (AvgIpc) is 2.80. The minimum absolute atomic E-state index is 0.244. The fourth-order valence-electron chi connectivity index (χ4n) is 4.10. The molecule has 1 aromatic heterocycles. The van der Waals surface area contributed by atoms with Crippen molar-refractivity contribution in [3.63, 3.8) is 0 Å². The number of halogens is 3. The van der Waals surface area contributed by atoms with E-state index in [-0.39, 0.29) is 12.4 Å². The number of anilines is 1. The van der Waals surface area contributed by atoms with Crippen molar-refractivity contribution in [3.8, 4) is 5.75 Å². The average molecular weight is 487 g/mol. The van der Waals surface area contributed by atoms with Crippen molar-refractivity contribution in [2.24, 2.45) is 0 Å². The molecule has 0 aliphatic carbocycles. The van der Waals surface area contributed by atoms with Gasteiger partial charge < -0.3 is 14.1 Å². The van der Waals surface area contributed by atoms with E-state index in [4.69, 9.17) is 44.0 Å². The first kappa shape index (κ1) is 21.2. The van der Waals surface area contributed by atoms with Crippen LogP contribution in [0.15, 0.2) is 63.8 Å². The maximum absolute atomic E-state index is 13.0. The summed E-state index contributed by atoms with van der Waals surface area (Å²) in [7, 11) is 0. The smallest absolute Gasteiger partial charge is 0.340 e. The van der Waals surface area contributed by atoms with Crippen molar-refractivity contribution >= 4 is 51.5 Å². The third-order valence-corrected chi connectivity index (χ3v) is 6.60. The van der Waals surface area contributed by atoms with Crippen LogP contribution in [0, 0.1) is 6.92 Å². The van der Waals surface area contributed by atoms with Crippen LogP contribution in [-0.4, -0.2) is 6.73 Å². The van der Waals surface area contributed by atoms with Crippen molar-refractivity contribution in [2.45, 2.75) is 19.9 Å². The highest BCUT2D eigenvalue weighted by Gasteiger charge is 2.27. The summed E-state index contributed by atoms with van der Waals surface area (Å²) in [5.41, 5.74) is 4.07. The topological polar surface area (TPSA) is 42.7 Å². The van der Waals surface area contributed by atoms with Crippen molar-refractivity contribution < 1.29 is 9.15 Å². The van der Waals surface area contributed by atoms with E-state index < -0.39 is 0 Å². The van der Waals surface area contributed by atoms with E-state index in [1.165, 1.54) is 0 Å². The van der Waals surface area contributed by atoms with Gasteiger partial charge in [0.25, 0.3) is 0 Å². The molecule has 0 spiro atoms. The van der Waals surface area contributed by atoms with Gasteiger partial charge in [0.2, 0.25) is 0 Å². The predicted octanol–water partition coefficient (Wildman–Crippen LogP) is 7.01. The molecule has 4 nitrogen and oxygen atoms in total. The molecule has 0 fully saturated rings. The number of ether oxygens (including phenoxy) is 1. The SMILES string of the molecule is Cc1c(Cc2ccccc2)c(=O)oc2c3c(c(Cl)cc12)OCN(c1cc(Cl)ccc1Cl)C3. The Morgan fingerprint density at radius 3 is 2.56 bits per heavy atom. The fourth-order valence-corrected chi connectivity index (χ4v) is 4.78. The number of hydrogen-bond acceptors (Lipinski definition) is 4. The molecular weight excluding hydrogens is 469 g/mol. The zero-order valence-corrected chi connectivity index (χ0v) is 19.4. The summed E-state index contributed by atoms with van der Waals surface area (Å²) < 4.78 is 11.8. The molecule has 0 radical (unpaired) electrons. The Morgan fingerprint density at radius 2 is 1.78 bits per heavy atom. The Bertz CT molecular complexity index is 1400. The van der Waals surface area contributed by atoms with E-state index in [9.17, 15) is 4.79 Å². The number of fused-ring (bicyclic) bond motifs is 3. The summed E-state index contributed by atoms with van der Waals surface area (Å²) in [5.74, 6) is 0.520. The minimum Gasteiger partial charge on any atom is -0.471 e. The highest BCUT2D eigenvalue weighted by molar-refractivity contribution is 6.35. The molecule has 162 valence electrons. The van der Waals surface area contributed by atoms with Crippen LogP contribution in [0.3, 0.4) is 0 Å². The summed E-state index contributed by atoms with van der Waals surface area (Å²) >= 11 is 19.2. The van der Waals surface area contributed by atoms with Gasteiger partial charge in [-0.1, -0.05) is 65.1 Å². The van der Waals surface area contributed by atoms with E-state index in [0.717, 1.165) is 22.2 Å². The highest BCUT2D eigenvalue weighted by atomic mass is 35.5. The predicted molar refractivity (Wildman–Crippen MR) is 130 cm³/mol. The summed E-state index contributed by atoms with van der Waals surface area (Å²) in [6.07, 6.45) is 0.487. The largest absolute Gasteiger partial charge is 0.471 e. The van der Waals surface area contributed by atoms with Gasteiger partial charge in [0.05, 0.1) is 27.8 Å². The second-order valence-electron chi connectivity index (χ2n) is 7.77. The van der Waals surface area contributed by atoms with E-state index in [2.05, 4.69) is 0 Å². The van der Waals surface area contributed by atoms with Gasteiger partial charge in [-0.3, -0.25) is 0 Å². The van der Waals surface area contributed by atoms with E-state index in [1.54, 1.807) is 18.2 Å². The molecule has 0 saturated carbocycles. The summed E-state index contributed by atoms with van der Waals surface area (Å²) in [6.45, 7) is 2.58. The van der Waals surface area contributed by atoms with Crippen LogP contribution in [0.5, 0.6) is 5.75 Å². The number of benzene rings is 3. The first-order valence-electron chi connectivity index (χ1n) is 10.1. The van der Waals surface area contributed by atoms with Crippen LogP contribution < -0.4 is 15.3 Å². The van der Waals surface area contributed by atoms with E-state index >= 15 is 0 Å². The highest BCUT2D eigenvalue weighted by Crippen LogP contribution is 2.42. The molecule has 4 aromatic rings. The standard InChI is InChI=1S/C25H18Cl3NO3/c1-14-17-11-21(28)24-19(12-29(13-31-24)22-10-16(26)7-8-20(22)27)23(17)32-25(30)18(14)9-15-5-3-2-4-6-15/h2-8,10-11H,9,12-13H2,1H3. The summed E-state index contributed by atoms with van der Waals surface area (Å²) in [4.78, 5) is 14.9. The molecule has 1 aliphatic heterocycles. The molecule has 7 heteroatoms. The molecule has 0 atom stereocenters. The Morgan fingerprint density at radius 1 is 1.00 bits per heavy atom. The number of nitrogens with zero attached hydrogens (tertiary/aromatic N) is 1. The normalized spacial score (nSPS) is 13.2. The van der Waals surface area contributed by atoms with Crippen molar-refractivity contribution in [3.05, 3.63) is 102 Å². The van der Waals surface area contributed by atoms with Gasteiger partial charge in [0, 0.05) is 22.4 Å². The van der Waals surface area contributed by atoms with Gasteiger partial charge in [-0.2, -0.15) is 0 Å². The van der Waals surface area contributed by atoms with Crippen LogP contribution in [-0.2, 0) is 13.0 Å². The monoisotopic (exact) mass is 485 g/mol. The van der Waals surface area contributed by atoms with Gasteiger partial charge >= 0.3 is 5.63 Å². The van der Waals surface area contributed by atoms with Crippen molar-refractivity contribution in [1.29, 1.82) is 0 Å². The van der Waals surface area contributed by atoms with Gasteiger partial charge in [-0.25, -0.2) is 4.79 Å². The van der Waals surface area contributed by atoms with Crippen LogP contribution in [0.25, 0.3) is 11.0 Å². The number of rotatable bonds is 3. The Balaban J connectivity index is 1.63. The van der Waals surface area contributed by atoms with Gasteiger partial charge in [0.15, 0.2) is 6.73 Å². The fraction of sp³-hybridized carbons (Fsp3) is 0.160. The van der Waals surface area contributed by atoms with E-state index in [1.807, 2.05) is 48.2 Å². The van der Waals surface area contributed by atoms with E-state index in [0.29, 0.717) is 50.5 Å². The van der Waals surface area contributed by atoms with Crippen LogP contribution in [0.2, 0.25) is 15.1 Å². The lowest BCUT2D eigenvalue weighted by atomic mass is 9.97.